The molecule has 1 saturated heterocycles. The van der Waals surface area contributed by atoms with Gasteiger partial charge in [0.15, 0.2) is 6.61 Å². The normalized spacial score (nSPS) is 16.9. The Morgan fingerprint density at radius 3 is 2.55 bits per heavy atom. The van der Waals surface area contributed by atoms with E-state index in [2.05, 4.69) is 24.1 Å². The fraction of sp³-hybridized carbons (Fsp3) is 0.429. The van der Waals surface area contributed by atoms with E-state index in [1.54, 1.807) is 0 Å². The minimum Gasteiger partial charge on any atom is -0.484 e. The Kier molecular flexibility index (Phi) is 6.30. The molecule has 29 heavy (non-hydrogen) atoms. The van der Waals surface area contributed by atoms with Crippen LogP contribution in [0.2, 0.25) is 0 Å². The molecule has 0 saturated carbocycles. The molecule has 5 nitrogen and oxygen atoms in total. The number of anilines is 1. The molecule has 0 spiro atoms. The lowest BCUT2D eigenvalue weighted by Crippen LogP contribution is -2.39. The lowest BCUT2D eigenvalue weighted by atomic mass is 10.0. The summed E-state index contributed by atoms with van der Waals surface area (Å²) in [6, 6.07) is 9.92. The van der Waals surface area contributed by atoms with Crippen molar-refractivity contribution in [2.24, 2.45) is 0 Å². The second-order valence-electron chi connectivity index (χ2n) is 7.41. The van der Waals surface area contributed by atoms with Gasteiger partial charge in [0.2, 0.25) is 0 Å². The van der Waals surface area contributed by atoms with E-state index < -0.39 is 11.7 Å². The van der Waals surface area contributed by atoms with Gasteiger partial charge in [-0.3, -0.25) is 4.79 Å². The van der Waals surface area contributed by atoms with Gasteiger partial charge in [-0.25, -0.2) is 4.98 Å². The van der Waals surface area contributed by atoms with Crippen molar-refractivity contribution in [3.63, 3.8) is 0 Å². The van der Waals surface area contributed by atoms with Crippen molar-refractivity contribution < 1.29 is 22.7 Å². The van der Waals surface area contributed by atoms with E-state index in [-0.39, 0.29) is 18.6 Å². The lowest BCUT2D eigenvalue weighted by Gasteiger charge is -2.18. The zero-order valence-electron chi connectivity index (χ0n) is 16.4. The standard InChI is InChI=1S/C21H24F3N3O2/c1-14(2)15-3-6-18(7-4-15)29-13-20(28)26-17-9-10-27(12-17)19-8-5-16(11-25-19)21(22,23)24/h3-8,11,14,17H,9-10,12-13H2,1-2H3,(H,26,28)/t17-/m1/s1. The second-order valence-corrected chi connectivity index (χ2v) is 7.41. The van der Waals surface area contributed by atoms with Crippen LogP contribution in [-0.2, 0) is 11.0 Å². The number of amides is 1. The molecule has 0 bridgehead atoms. The molecule has 2 aromatic rings. The SMILES string of the molecule is CC(C)c1ccc(OCC(=O)N[C@@H]2CCN(c3ccc(C(F)(F)F)cn3)C2)cc1. The number of aromatic nitrogens is 1. The quantitative estimate of drug-likeness (QED) is 0.787. The van der Waals surface area contributed by atoms with E-state index >= 15 is 0 Å². The van der Waals surface area contributed by atoms with Crippen LogP contribution in [0.3, 0.4) is 0 Å². The summed E-state index contributed by atoms with van der Waals surface area (Å²) in [5, 5.41) is 2.90. The predicted octanol–water partition coefficient (Wildman–Crippen LogP) is 4.00. The number of pyridine rings is 1. The number of ether oxygens (including phenoxy) is 1. The van der Waals surface area contributed by atoms with Gasteiger partial charge >= 0.3 is 6.18 Å². The lowest BCUT2D eigenvalue weighted by molar-refractivity contribution is -0.137. The van der Waals surface area contributed by atoms with Crippen LogP contribution in [0.25, 0.3) is 0 Å². The Hall–Kier alpha value is -2.77. The Balaban J connectivity index is 1.46. The average molecular weight is 407 g/mol. The number of hydrogen-bond donors (Lipinski definition) is 1. The molecule has 1 aromatic heterocycles. The molecule has 156 valence electrons. The third kappa shape index (κ3) is 5.62. The van der Waals surface area contributed by atoms with Crippen molar-refractivity contribution in [2.75, 3.05) is 24.6 Å². The minimum absolute atomic E-state index is 0.0872. The Labute approximate surface area is 167 Å². The van der Waals surface area contributed by atoms with Gasteiger partial charge in [-0.15, -0.1) is 0 Å². The zero-order chi connectivity index (χ0) is 21.0. The molecular formula is C21H24F3N3O2. The number of nitrogens with zero attached hydrogens (tertiary/aromatic N) is 2. The van der Waals surface area contributed by atoms with Crippen LogP contribution in [0.1, 0.15) is 37.3 Å². The minimum atomic E-state index is -4.40. The number of nitrogens with one attached hydrogen (secondary N) is 1. The van der Waals surface area contributed by atoms with E-state index in [0.29, 0.717) is 37.0 Å². The van der Waals surface area contributed by atoms with Crippen LogP contribution < -0.4 is 15.0 Å². The molecule has 3 rings (SSSR count). The fourth-order valence-corrected chi connectivity index (χ4v) is 3.19. The average Bonchev–Trinajstić information content (AvgIpc) is 3.14. The number of carbonyl (C=O) groups excluding carboxylic acids is 1. The summed E-state index contributed by atoms with van der Waals surface area (Å²) >= 11 is 0. The first-order chi connectivity index (χ1) is 13.7. The molecule has 8 heteroatoms. The Morgan fingerprint density at radius 2 is 1.97 bits per heavy atom. The van der Waals surface area contributed by atoms with Crippen LogP contribution in [0.4, 0.5) is 19.0 Å². The summed E-state index contributed by atoms with van der Waals surface area (Å²) in [6.45, 7) is 5.23. The third-order valence-corrected chi connectivity index (χ3v) is 4.87. The van der Waals surface area contributed by atoms with Crippen LogP contribution in [-0.4, -0.2) is 36.6 Å². The zero-order valence-corrected chi connectivity index (χ0v) is 16.4. The van der Waals surface area contributed by atoms with E-state index in [4.69, 9.17) is 4.74 Å². The monoisotopic (exact) mass is 407 g/mol. The number of carbonyl (C=O) groups is 1. The van der Waals surface area contributed by atoms with E-state index in [9.17, 15) is 18.0 Å². The van der Waals surface area contributed by atoms with Crippen molar-refractivity contribution >= 4 is 11.7 Å². The molecule has 0 unspecified atom stereocenters. The summed E-state index contributed by atoms with van der Waals surface area (Å²) in [5.41, 5.74) is 0.425. The van der Waals surface area contributed by atoms with Crippen molar-refractivity contribution in [3.05, 3.63) is 53.7 Å². The number of halogens is 3. The molecule has 1 amide bonds. The van der Waals surface area contributed by atoms with Gasteiger partial charge in [0.25, 0.3) is 5.91 Å². The van der Waals surface area contributed by atoms with Crippen LogP contribution >= 0.6 is 0 Å². The molecule has 1 aliphatic rings. The Morgan fingerprint density at radius 1 is 1.24 bits per heavy atom. The molecule has 0 aliphatic carbocycles. The van der Waals surface area contributed by atoms with Gasteiger partial charge < -0.3 is 15.0 Å². The van der Waals surface area contributed by atoms with Gasteiger partial charge in [0.05, 0.1) is 5.56 Å². The Bertz CT molecular complexity index is 821. The van der Waals surface area contributed by atoms with Crippen LogP contribution in [0.5, 0.6) is 5.75 Å². The predicted molar refractivity (Wildman–Crippen MR) is 104 cm³/mol. The van der Waals surface area contributed by atoms with Crippen LogP contribution in [0, 0.1) is 0 Å². The van der Waals surface area contributed by atoms with Gasteiger partial charge in [-0.2, -0.15) is 13.2 Å². The van der Waals surface area contributed by atoms with Gasteiger partial charge in [-0.1, -0.05) is 26.0 Å². The highest BCUT2D eigenvalue weighted by molar-refractivity contribution is 5.78. The number of hydrogen-bond acceptors (Lipinski definition) is 4. The van der Waals surface area contributed by atoms with E-state index in [1.807, 2.05) is 29.2 Å². The number of alkyl halides is 3. The maximum Gasteiger partial charge on any atom is 0.417 e. The first kappa shape index (κ1) is 21.0. The van der Waals surface area contributed by atoms with E-state index in [0.717, 1.165) is 12.3 Å². The third-order valence-electron chi connectivity index (χ3n) is 4.87. The van der Waals surface area contributed by atoms with Crippen molar-refractivity contribution in [1.29, 1.82) is 0 Å². The number of rotatable bonds is 6. The van der Waals surface area contributed by atoms with Crippen molar-refractivity contribution in [3.8, 4) is 5.75 Å². The first-order valence-electron chi connectivity index (χ1n) is 9.52. The largest absolute Gasteiger partial charge is 0.484 e. The molecule has 1 fully saturated rings. The summed E-state index contributed by atoms with van der Waals surface area (Å²) < 4.78 is 43.4. The highest BCUT2D eigenvalue weighted by Crippen LogP contribution is 2.30. The first-order valence-corrected chi connectivity index (χ1v) is 9.52. The topological polar surface area (TPSA) is 54.5 Å². The summed E-state index contributed by atoms with van der Waals surface area (Å²) in [4.78, 5) is 17.9. The van der Waals surface area contributed by atoms with E-state index in [1.165, 1.54) is 11.6 Å². The molecule has 0 radical (unpaired) electrons. The molecule has 1 aromatic carbocycles. The van der Waals surface area contributed by atoms with Gasteiger partial charge in [-0.05, 0) is 42.2 Å². The smallest absolute Gasteiger partial charge is 0.417 e. The fourth-order valence-electron chi connectivity index (χ4n) is 3.19. The highest BCUT2D eigenvalue weighted by atomic mass is 19.4. The molecule has 1 atom stereocenters. The number of benzene rings is 1. The molecular weight excluding hydrogens is 383 g/mol. The molecule has 1 aliphatic heterocycles. The van der Waals surface area contributed by atoms with Crippen LogP contribution in [0.15, 0.2) is 42.6 Å². The summed E-state index contributed by atoms with van der Waals surface area (Å²) in [6.07, 6.45) is -2.88. The van der Waals surface area contributed by atoms with Crippen molar-refractivity contribution in [1.82, 2.24) is 10.3 Å². The summed E-state index contributed by atoms with van der Waals surface area (Å²) in [7, 11) is 0. The molecule has 2 heterocycles. The maximum atomic E-state index is 12.6. The highest BCUT2D eigenvalue weighted by Gasteiger charge is 2.31. The second kappa shape index (κ2) is 8.71. The molecule has 1 N–H and O–H groups in total. The van der Waals surface area contributed by atoms with Gasteiger partial charge in [0.1, 0.15) is 11.6 Å². The summed E-state index contributed by atoms with van der Waals surface area (Å²) in [5.74, 6) is 1.30. The van der Waals surface area contributed by atoms with Gasteiger partial charge in [0, 0.05) is 25.3 Å². The van der Waals surface area contributed by atoms with Crippen molar-refractivity contribution in [2.45, 2.75) is 38.4 Å². The maximum absolute atomic E-state index is 12.6.